The average Bonchev–Trinajstić information content (AvgIpc) is 3.71. The maximum atomic E-state index is 5.28. The molecule has 0 N–H and O–H groups in total. The number of aromatic nitrogens is 2. The second-order valence-electron chi connectivity index (χ2n) is 14.4. The highest BCUT2D eigenvalue weighted by molar-refractivity contribution is 6.14. The van der Waals surface area contributed by atoms with Crippen molar-refractivity contribution in [3.63, 3.8) is 0 Å². The molecule has 0 amide bonds. The first-order valence-electron chi connectivity index (χ1n) is 18.3. The van der Waals surface area contributed by atoms with E-state index >= 15 is 0 Å². The predicted octanol–water partition coefficient (Wildman–Crippen LogP) is 12.8. The van der Waals surface area contributed by atoms with Gasteiger partial charge in [0, 0.05) is 22.5 Å². The molecule has 0 unspecified atom stereocenters. The van der Waals surface area contributed by atoms with Crippen molar-refractivity contribution in [2.75, 3.05) is 0 Å². The van der Waals surface area contributed by atoms with Gasteiger partial charge in [0.2, 0.25) is 0 Å². The van der Waals surface area contributed by atoms with E-state index in [-0.39, 0.29) is 0 Å². The zero-order valence-corrected chi connectivity index (χ0v) is 28.7. The molecule has 2 aliphatic rings. The summed E-state index contributed by atoms with van der Waals surface area (Å²) in [6.07, 6.45) is 1.85. The molecular weight excluding hydrogens is 641 g/mol. The Labute approximate surface area is 306 Å². The number of fused-ring (bicyclic) bond motifs is 16. The van der Waals surface area contributed by atoms with Gasteiger partial charge in [0.05, 0.1) is 22.1 Å². The summed E-state index contributed by atoms with van der Waals surface area (Å²) >= 11 is 0. The minimum absolute atomic E-state index is 0.434. The molecule has 2 aliphatic carbocycles. The Morgan fingerprint density at radius 3 is 1.66 bits per heavy atom. The highest BCUT2D eigenvalue weighted by Gasteiger charge is 2.53. The lowest BCUT2D eigenvalue weighted by molar-refractivity contribution is 0.801. The van der Waals surface area contributed by atoms with E-state index in [0.717, 1.165) is 33.1 Å². The van der Waals surface area contributed by atoms with Crippen LogP contribution < -0.4 is 0 Å². The standard InChI is InChI=1S/C51H30N2/c1-2-14-34-33(12-1)30-42(47-41-19-7-10-22-45(41)51(48(34)47)43-20-8-5-17-38(43)39-18-6-9-21-44(39)51)37-26-27-40(36-16-4-3-15-35(36)37)46-28-25-32-24-23-31-13-11-29-52-49(31)50(32)53-46/h1-30H. The zero-order valence-electron chi connectivity index (χ0n) is 28.7. The van der Waals surface area contributed by atoms with Gasteiger partial charge in [-0.2, -0.15) is 0 Å². The molecule has 0 atom stereocenters. The molecule has 2 heterocycles. The van der Waals surface area contributed by atoms with Gasteiger partial charge < -0.3 is 0 Å². The molecule has 0 aliphatic heterocycles. The van der Waals surface area contributed by atoms with Crippen molar-refractivity contribution >= 4 is 43.4 Å². The van der Waals surface area contributed by atoms with E-state index < -0.39 is 5.41 Å². The number of hydrogen-bond donors (Lipinski definition) is 0. The molecule has 8 aromatic carbocycles. The van der Waals surface area contributed by atoms with Gasteiger partial charge in [-0.05, 0) is 95.4 Å². The Hall–Kier alpha value is -6.90. The highest BCUT2D eigenvalue weighted by atomic mass is 14.8. The predicted molar refractivity (Wildman–Crippen MR) is 219 cm³/mol. The summed E-state index contributed by atoms with van der Waals surface area (Å²) < 4.78 is 0. The van der Waals surface area contributed by atoms with Crippen LogP contribution in [-0.4, -0.2) is 9.97 Å². The van der Waals surface area contributed by atoms with Crippen LogP contribution in [0.15, 0.2) is 182 Å². The third kappa shape index (κ3) is 3.72. The van der Waals surface area contributed by atoms with Crippen molar-refractivity contribution in [2.45, 2.75) is 5.41 Å². The molecule has 244 valence electrons. The van der Waals surface area contributed by atoms with Crippen LogP contribution in [0.1, 0.15) is 22.3 Å². The minimum atomic E-state index is -0.434. The van der Waals surface area contributed by atoms with Gasteiger partial charge in [-0.3, -0.25) is 4.98 Å². The molecule has 0 fully saturated rings. The normalized spacial score (nSPS) is 13.4. The number of rotatable bonds is 2. The summed E-state index contributed by atoms with van der Waals surface area (Å²) in [5.41, 5.74) is 16.7. The summed E-state index contributed by atoms with van der Waals surface area (Å²) in [7, 11) is 0. The Kier molecular flexibility index (Phi) is 5.73. The van der Waals surface area contributed by atoms with Crippen LogP contribution in [0.25, 0.3) is 88.0 Å². The summed E-state index contributed by atoms with van der Waals surface area (Å²) in [5.74, 6) is 0. The molecule has 53 heavy (non-hydrogen) atoms. The van der Waals surface area contributed by atoms with E-state index in [2.05, 4.69) is 170 Å². The fourth-order valence-electron chi connectivity index (χ4n) is 9.82. The van der Waals surface area contributed by atoms with Crippen molar-refractivity contribution in [1.82, 2.24) is 9.97 Å². The molecule has 1 spiro atoms. The fourth-order valence-corrected chi connectivity index (χ4v) is 9.82. The van der Waals surface area contributed by atoms with Crippen LogP contribution >= 0.6 is 0 Å². The quantitative estimate of drug-likeness (QED) is 0.171. The van der Waals surface area contributed by atoms with Crippen LogP contribution in [0, 0.1) is 0 Å². The van der Waals surface area contributed by atoms with E-state index in [1.807, 2.05) is 12.3 Å². The first kappa shape index (κ1) is 28.8. The number of benzene rings is 8. The Morgan fingerprint density at radius 1 is 0.358 bits per heavy atom. The van der Waals surface area contributed by atoms with E-state index in [9.17, 15) is 0 Å². The van der Waals surface area contributed by atoms with Crippen LogP contribution in [0.4, 0.5) is 0 Å². The number of hydrogen-bond acceptors (Lipinski definition) is 2. The first-order valence-corrected chi connectivity index (χ1v) is 18.3. The Balaban J connectivity index is 1.18. The topological polar surface area (TPSA) is 25.8 Å². The summed E-state index contributed by atoms with van der Waals surface area (Å²) in [5, 5.41) is 7.14. The van der Waals surface area contributed by atoms with Gasteiger partial charge >= 0.3 is 0 Å². The minimum Gasteiger partial charge on any atom is -0.254 e. The molecule has 2 nitrogen and oxygen atoms in total. The summed E-state index contributed by atoms with van der Waals surface area (Å²) in [6.45, 7) is 0. The van der Waals surface area contributed by atoms with Crippen molar-refractivity contribution in [3.8, 4) is 44.6 Å². The number of nitrogens with zero attached hydrogens (tertiary/aromatic N) is 2. The molecule has 0 saturated heterocycles. The van der Waals surface area contributed by atoms with Gasteiger partial charge in [-0.15, -0.1) is 0 Å². The molecule has 2 aromatic heterocycles. The van der Waals surface area contributed by atoms with Gasteiger partial charge in [-0.1, -0.05) is 158 Å². The molecule has 10 aromatic rings. The van der Waals surface area contributed by atoms with Gasteiger partial charge in [0.1, 0.15) is 0 Å². The van der Waals surface area contributed by atoms with Crippen LogP contribution in [0.3, 0.4) is 0 Å². The molecule has 2 heteroatoms. The Morgan fingerprint density at radius 2 is 0.906 bits per heavy atom. The van der Waals surface area contributed by atoms with Crippen molar-refractivity contribution in [2.24, 2.45) is 0 Å². The third-order valence-corrected chi connectivity index (χ3v) is 11.9. The van der Waals surface area contributed by atoms with Crippen LogP contribution in [0.2, 0.25) is 0 Å². The second kappa shape index (κ2) is 10.6. The average molecular weight is 671 g/mol. The fraction of sp³-hybridized carbons (Fsp3) is 0.0196. The maximum absolute atomic E-state index is 5.28. The van der Waals surface area contributed by atoms with Gasteiger partial charge in [-0.25, -0.2) is 4.98 Å². The van der Waals surface area contributed by atoms with Gasteiger partial charge in [0.15, 0.2) is 0 Å². The SMILES string of the molecule is c1ccc2c(c1)-c1ccccc1C21c2ccccc2-c2c(-c3ccc(-c4ccc5ccc6cccnc6c5n4)c4ccccc34)cc3ccccc3c21. The Bertz CT molecular complexity index is 3140. The number of pyridine rings is 2. The van der Waals surface area contributed by atoms with E-state index in [1.54, 1.807) is 0 Å². The van der Waals surface area contributed by atoms with Crippen molar-refractivity contribution in [1.29, 1.82) is 0 Å². The summed E-state index contributed by atoms with van der Waals surface area (Å²) in [4.78, 5) is 10.0. The van der Waals surface area contributed by atoms with E-state index in [0.29, 0.717) is 0 Å². The second-order valence-corrected chi connectivity index (χ2v) is 14.4. The van der Waals surface area contributed by atoms with Crippen molar-refractivity contribution < 1.29 is 0 Å². The molecule has 0 radical (unpaired) electrons. The monoisotopic (exact) mass is 670 g/mol. The first-order chi connectivity index (χ1) is 26.3. The van der Waals surface area contributed by atoms with Crippen molar-refractivity contribution in [3.05, 3.63) is 204 Å². The third-order valence-electron chi connectivity index (χ3n) is 11.9. The summed E-state index contributed by atoms with van der Waals surface area (Å²) in [6, 6.07) is 64.9. The lowest BCUT2D eigenvalue weighted by atomic mass is 9.69. The van der Waals surface area contributed by atoms with Crippen LogP contribution in [0.5, 0.6) is 0 Å². The van der Waals surface area contributed by atoms with Crippen LogP contribution in [-0.2, 0) is 5.41 Å². The maximum Gasteiger partial charge on any atom is 0.0972 e. The molecular formula is C51H30N2. The highest BCUT2D eigenvalue weighted by Crippen LogP contribution is 2.65. The lowest BCUT2D eigenvalue weighted by Crippen LogP contribution is -2.26. The lowest BCUT2D eigenvalue weighted by Gasteiger charge is -2.31. The largest absolute Gasteiger partial charge is 0.254 e. The smallest absolute Gasteiger partial charge is 0.0972 e. The molecule has 0 saturated carbocycles. The molecule has 0 bridgehead atoms. The van der Waals surface area contributed by atoms with E-state index in [1.165, 1.54) is 77.2 Å². The van der Waals surface area contributed by atoms with E-state index in [4.69, 9.17) is 9.97 Å². The van der Waals surface area contributed by atoms with Gasteiger partial charge in [0.25, 0.3) is 0 Å². The zero-order chi connectivity index (χ0) is 34.7. The molecule has 12 rings (SSSR count).